The Bertz CT molecular complexity index is 997. The minimum atomic E-state index is -0.602. The molecule has 0 aliphatic carbocycles. The van der Waals surface area contributed by atoms with Crippen LogP contribution in [0, 0.1) is 10.1 Å². The summed E-state index contributed by atoms with van der Waals surface area (Å²) in [5.41, 5.74) is 0.543. The highest BCUT2D eigenvalue weighted by Gasteiger charge is 2.38. The van der Waals surface area contributed by atoms with Gasteiger partial charge in [0, 0.05) is 12.2 Å². The number of rotatable bonds is 5. The highest BCUT2D eigenvalue weighted by atomic mass is 32.1. The first-order valence-electron chi connectivity index (χ1n) is 8.47. The fourth-order valence-electron chi connectivity index (χ4n) is 3.17. The number of carbonyl (C=O) groups excluding carboxylic acids is 3. The summed E-state index contributed by atoms with van der Waals surface area (Å²) in [6.07, 6.45) is 2.58. The standard InChI is InChI=1S/C17H14N4O6S/c22-14(19-17-18-7-13(28-17)21(25)26)9-3-4-11-12(6-9)16(24)20(15(11)23)8-10-2-1-5-27-10/h3-4,6-7,10H,1-2,5,8H2,(H,18,19,22)/t10-/m1/s1. The van der Waals surface area contributed by atoms with Gasteiger partial charge in [-0.3, -0.25) is 34.7 Å². The van der Waals surface area contributed by atoms with E-state index >= 15 is 0 Å². The van der Waals surface area contributed by atoms with Crippen LogP contribution in [0.5, 0.6) is 0 Å². The Morgan fingerprint density at radius 2 is 2.14 bits per heavy atom. The summed E-state index contributed by atoms with van der Waals surface area (Å²) in [6, 6.07) is 4.21. The highest BCUT2D eigenvalue weighted by molar-refractivity contribution is 7.18. The van der Waals surface area contributed by atoms with Gasteiger partial charge in [0.05, 0.1) is 28.7 Å². The Morgan fingerprint density at radius 1 is 1.36 bits per heavy atom. The molecule has 3 amide bonds. The van der Waals surface area contributed by atoms with Crippen LogP contribution < -0.4 is 5.32 Å². The molecule has 1 aromatic heterocycles. The normalized spacial score (nSPS) is 18.4. The molecule has 1 N–H and O–H groups in total. The van der Waals surface area contributed by atoms with Gasteiger partial charge in [-0.1, -0.05) is 0 Å². The summed E-state index contributed by atoms with van der Waals surface area (Å²) < 4.78 is 5.49. The summed E-state index contributed by atoms with van der Waals surface area (Å²) >= 11 is 0.723. The van der Waals surface area contributed by atoms with Crippen molar-refractivity contribution in [1.29, 1.82) is 0 Å². The number of imide groups is 1. The van der Waals surface area contributed by atoms with Crippen LogP contribution in [0.1, 0.15) is 43.9 Å². The van der Waals surface area contributed by atoms with Crippen molar-refractivity contribution in [3.8, 4) is 0 Å². The van der Waals surface area contributed by atoms with Crippen molar-refractivity contribution >= 4 is 39.2 Å². The Balaban J connectivity index is 1.52. The molecule has 2 aliphatic heterocycles. The van der Waals surface area contributed by atoms with Gasteiger partial charge in [-0.05, 0) is 42.4 Å². The van der Waals surface area contributed by atoms with Crippen LogP contribution in [-0.4, -0.2) is 51.8 Å². The molecule has 0 unspecified atom stereocenters. The van der Waals surface area contributed by atoms with E-state index in [-0.39, 0.29) is 39.5 Å². The van der Waals surface area contributed by atoms with Gasteiger partial charge in [-0.25, -0.2) is 4.98 Å². The number of aromatic nitrogens is 1. The monoisotopic (exact) mass is 402 g/mol. The molecule has 4 rings (SSSR count). The number of benzene rings is 1. The molecule has 1 aromatic carbocycles. The fraction of sp³-hybridized carbons (Fsp3) is 0.294. The number of anilines is 1. The molecule has 0 saturated carbocycles. The molecule has 3 heterocycles. The number of nitrogens with one attached hydrogen (secondary N) is 1. The van der Waals surface area contributed by atoms with Crippen molar-refractivity contribution in [2.45, 2.75) is 18.9 Å². The average Bonchev–Trinajstić information content (AvgIpc) is 3.40. The van der Waals surface area contributed by atoms with Crippen LogP contribution in [0.2, 0.25) is 0 Å². The van der Waals surface area contributed by atoms with E-state index in [1.54, 1.807) is 0 Å². The minimum Gasteiger partial charge on any atom is -0.376 e. The van der Waals surface area contributed by atoms with Crippen molar-refractivity contribution < 1.29 is 24.0 Å². The minimum absolute atomic E-state index is 0.0691. The van der Waals surface area contributed by atoms with E-state index in [0.29, 0.717) is 6.61 Å². The maximum atomic E-state index is 12.6. The second-order valence-electron chi connectivity index (χ2n) is 6.33. The zero-order valence-corrected chi connectivity index (χ0v) is 15.2. The van der Waals surface area contributed by atoms with Gasteiger partial charge in [0.15, 0.2) is 5.13 Å². The largest absolute Gasteiger partial charge is 0.376 e. The lowest BCUT2D eigenvalue weighted by molar-refractivity contribution is -0.380. The van der Waals surface area contributed by atoms with Gasteiger partial charge in [-0.2, -0.15) is 0 Å². The van der Waals surface area contributed by atoms with Gasteiger partial charge in [0.1, 0.15) is 6.20 Å². The van der Waals surface area contributed by atoms with Crippen LogP contribution in [-0.2, 0) is 4.74 Å². The number of ether oxygens (including phenoxy) is 1. The topological polar surface area (TPSA) is 132 Å². The molecular weight excluding hydrogens is 388 g/mol. The maximum absolute atomic E-state index is 12.6. The lowest BCUT2D eigenvalue weighted by Crippen LogP contribution is -2.36. The van der Waals surface area contributed by atoms with E-state index in [0.717, 1.165) is 35.3 Å². The van der Waals surface area contributed by atoms with Crippen LogP contribution in [0.3, 0.4) is 0 Å². The second-order valence-corrected chi connectivity index (χ2v) is 7.34. The first-order chi connectivity index (χ1) is 13.4. The summed E-state index contributed by atoms with van der Waals surface area (Å²) in [7, 11) is 0. The number of thiazole rings is 1. The van der Waals surface area contributed by atoms with E-state index in [9.17, 15) is 24.5 Å². The number of nitro groups is 1. The SMILES string of the molecule is O=C(Nc1ncc([N+](=O)[O-])s1)c1ccc2c(c1)C(=O)N(C[C@H]1CCCO1)C2=O. The van der Waals surface area contributed by atoms with Crippen molar-refractivity contribution in [3.05, 3.63) is 51.2 Å². The molecule has 1 saturated heterocycles. The lowest BCUT2D eigenvalue weighted by atomic mass is 10.1. The predicted molar refractivity (Wildman–Crippen MR) is 97.5 cm³/mol. The fourth-order valence-corrected chi connectivity index (χ4v) is 3.79. The van der Waals surface area contributed by atoms with Gasteiger partial charge in [-0.15, -0.1) is 0 Å². The quantitative estimate of drug-likeness (QED) is 0.460. The van der Waals surface area contributed by atoms with Crippen LogP contribution in [0.25, 0.3) is 0 Å². The zero-order valence-electron chi connectivity index (χ0n) is 14.4. The summed E-state index contributed by atoms with van der Waals surface area (Å²) in [5.74, 6) is -1.45. The van der Waals surface area contributed by atoms with Gasteiger partial charge in [0.25, 0.3) is 17.7 Å². The summed E-state index contributed by atoms with van der Waals surface area (Å²) in [5, 5.41) is 13.0. The molecule has 2 aliphatic rings. The smallest absolute Gasteiger partial charge is 0.345 e. The van der Waals surface area contributed by atoms with E-state index in [1.807, 2.05) is 0 Å². The van der Waals surface area contributed by atoms with Crippen LogP contribution >= 0.6 is 11.3 Å². The van der Waals surface area contributed by atoms with Gasteiger partial charge >= 0.3 is 5.00 Å². The van der Waals surface area contributed by atoms with E-state index in [2.05, 4.69) is 10.3 Å². The third kappa shape index (κ3) is 3.25. The molecule has 28 heavy (non-hydrogen) atoms. The first kappa shape index (κ1) is 18.2. The van der Waals surface area contributed by atoms with Crippen molar-refractivity contribution in [3.63, 3.8) is 0 Å². The van der Waals surface area contributed by atoms with Crippen molar-refractivity contribution in [2.75, 3.05) is 18.5 Å². The van der Waals surface area contributed by atoms with Gasteiger partial charge < -0.3 is 4.74 Å². The van der Waals surface area contributed by atoms with E-state index in [1.165, 1.54) is 18.2 Å². The molecule has 11 heteroatoms. The lowest BCUT2D eigenvalue weighted by Gasteiger charge is -2.17. The third-order valence-corrected chi connectivity index (χ3v) is 5.40. The Hall–Kier alpha value is -3.18. The molecule has 0 spiro atoms. The molecule has 10 nitrogen and oxygen atoms in total. The first-order valence-corrected chi connectivity index (χ1v) is 9.29. The molecule has 0 bridgehead atoms. The molecule has 2 aromatic rings. The molecule has 0 radical (unpaired) electrons. The number of amides is 3. The number of hydrogen-bond donors (Lipinski definition) is 1. The number of carbonyl (C=O) groups is 3. The molecule has 1 fully saturated rings. The van der Waals surface area contributed by atoms with Crippen molar-refractivity contribution in [2.24, 2.45) is 0 Å². The van der Waals surface area contributed by atoms with Crippen LogP contribution in [0.4, 0.5) is 10.1 Å². The molecule has 1 atom stereocenters. The Labute approximate surface area is 162 Å². The van der Waals surface area contributed by atoms with Gasteiger partial charge in [0.2, 0.25) is 0 Å². The zero-order chi connectivity index (χ0) is 19.8. The highest BCUT2D eigenvalue weighted by Crippen LogP contribution is 2.28. The predicted octanol–water partition coefficient (Wildman–Crippen LogP) is 2.08. The third-order valence-electron chi connectivity index (χ3n) is 4.54. The Kier molecular flexibility index (Phi) is 4.61. The summed E-state index contributed by atoms with van der Waals surface area (Å²) in [4.78, 5) is 52.6. The van der Waals surface area contributed by atoms with Crippen LogP contribution in [0.15, 0.2) is 24.4 Å². The molecular formula is C17H14N4O6S. The number of hydrogen-bond acceptors (Lipinski definition) is 8. The van der Waals surface area contributed by atoms with E-state index < -0.39 is 22.6 Å². The molecule has 144 valence electrons. The summed E-state index contributed by atoms with van der Waals surface area (Å²) in [6.45, 7) is 0.809. The second kappa shape index (κ2) is 7.09. The van der Waals surface area contributed by atoms with Crippen molar-refractivity contribution in [1.82, 2.24) is 9.88 Å². The maximum Gasteiger partial charge on any atom is 0.345 e. The average molecular weight is 402 g/mol. The number of fused-ring (bicyclic) bond motifs is 1. The van der Waals surface area contributed by atoms with E-state index in [4.69, 9.17) is 4.74 Å². The Morgan fingerprint density at radius 3 is 2.82 bits per heavy atom. The number of nitrogens with zero attached hydrogens (tertiary/aromatic N) is 3.